The van der Waals surface area contributed by atoms with Crippen LogP contribution in [0.1, 0.15) is 40.0 Å². The van der Waals surface area contributed by atoms with Gasteiger partial charge < -0.3 is 20.0 Å². The summed E-state index contributed by atoms with van der Waals surface area (Å²) in [5.41, 5.74) is -0.909. The van der Waals surface area contributed by atoms with Crippen molar-refractivity contribution in [2.75, 3.05) is 26.2 Å². The average Bonchev–Trinajstić information content (AvgIpc) is 2.80. The third kappa shape index (κ3) is 5.36. The van der Waals surface area contributed by atoms with Gasteiger partial charge in [-0.2, -0.15) is 0 Å². The van der Waals surface area contributed by atoms with E-state index in [-0.39, 0.29) is 18.4 Å². The largest absolute Gasteiger partial charge is 0.481 e. The molecule has 0 aliphatic carbocycles. The van der Waals surface area contributed by atoms with E-state index in [1.165, 1.54) is 0 Å². The van der Waals surface area contributed by atoms with Gasteiger partial charge >= 0.3 is 12.0 Å². The molecule has 0 saturated carbocycles. The number of aliphatic carboxylic acids is 1. The number of urea groups is 1. The van der Waals surface area contributed by atoms with Gasteiger partial charge in [-0.3, -0.25) is 4.79 Å². The zero-order chi connectivity index (χ0) is 15.3. The Morgan fingerprint density at radius 2 is 2.05 bits per heavy atom. The van der Waals surface area contributed by atoms with Crippen molar-refractivity contribution < 1.29 is 19.8 Å². The lowest BCUT2D eigenvalue weighted by atomic mass is 10.0. The van der Waals surface area contributed by atoms with Gasteiger partial charge in [-0.15, -0.1) is 0 Å². The molecule has 0 bridgehead atoms. The van der Waals surface area contributed by atoms with Crippen LogP contribution in [0.5, 0.6) is 0 Å². The topological polar surface area (TPSA) is 81.1 Å². The highest BCUT2D eigenvalue weighted by Crippen LogP contribution is 2.22. The van der Waals surface area contributed by atoms with Crippen molar-refractivity contribution in [2.24, 2.45) is 5.92 Å². The van der Waals surface area contributed by atoms with E-state index >= 15 is 0 Å². The molecule has 1 aliphatic rings. The lowest BCUT2D eigenvalue weighted by molar-refractivity contribution is -0.137. The first kappa shape index (κ1) is 16.8. The number of hydrogen-bond donors (Lipinski definition) is 2. The fourth-order valence-corrected chi connectivity index (χ4v) is 2.55. The highest BCUT2D eigenvalue weighted by atomic mass is 16.4. The van der Waals surface area contributed by atoms with Gasteiger partial charge in [-0.05, 0) is 39.5 Å². The van der Waals surface area contributed by atoms with E-state index in [0.29, 0.717) is 32.6 Å². The highest BCUT2D eigenvalue weighted by Gasteiger charge is 2.30. The molecule has 0 radical (unpaired) electrons. The summed E-state index contributed by atoms with van der Waals surface area (Å²) in [6.07, 6.45) is 1.64. The Labute approximate surface area is 120 Å². The lowest BCUT2D eigenvalue weighted by Crippen LogP contribution is -2.47. The molecule has 1 fully saturated rings. The summed E-state index contributed by atoms with van der Waals surface area (Å²) in [5, 5.41) is 18.5. The van der Waals surface area contributed by atoms with Gasteiger partial charge in [-0.25, -0.2) is 4.79 Å². The van der Waals surface area contributed by atoms with E-state index in [2.05, 4.69) is 0 Å². The predicted molar refractivity (Wildman–Crippen MR) is 75.5 cm³/mol. The first-order chi connectivity index (χ1) is 9.23. The van der Waals surface area contributed by atoms with Crippen LogP contribution in [-0.2, 0) is 4.79 Å². The molecule has 1 unspecified atom stereocenters. The molecule has 116 valence electrons. The zero-order valence-electron chi connectivity index (χ0n) is 12.6. The second kappa shape index (κ2) is 6.92. The minimum absolute atomic E-state index is 0.0625. The molecule has 6 nitrogen and oxygen atoms in total. The standard InChI is InChI=1S/C14H26N2O4/c1-4-15(10-14(2,3)20)13(19)16-8-7-11(9-16)5-6-12(17)18/h11,20H,4-10H2,1-3H3,(H,17,18). The van der Waals surface area contributed by atoms with Gasteiger partial charge in [0.25, 0.3) is 0 Å². The van der Waals surface area contributed by atoms with Crippen molar-refractivity contribution in [3.05, 3.63) is 0 Å². The van der Waals surface area contributed by atoms with Crippen molar-refractivity contribution in [2.45, 2.75) is 45.6 Å². The summed E-state index contributed by atoms with van der Waals surface area (Å²) in [5.74, 6) is -0.511. The van der Waals surface area contributed by atoms with Gasteiger partial charge in [0.1, 0.15) is 0 Å². The third-order valence-electron chi connectivity index (χ3n) is 3.55. The Kier molecular flexibility index (Phi) is 5.80. The third-order valence-corrected chi connectivity index (χ3v) is 3.55. The van der Waals surface area contributed by atoms with Crippen LogP contribution in [0.4, 0.5) is 4.79 Å². The van der Waals surface area contributed by atoms with Crippen LogP contribution in [0.3, 0.4) is 0 Å². The molecule has 2 amide bonds. The zero-order valence-corrected chi connectivity index (χ0v) is 12.6. The van der Waals surface area contributed by atoms with E-state index in [1.54, 1.807) is 23.6 Å². The molecule has 2 N–H and O–H groups in total. The van der Waals surface area contributed by atoms with Crippen LogP contribution in [0, 0.1) is 5.92 Å². The molecule has 0 aromatic rings. The lowest BCUT2D eigenvalue weighted by Gasteiger charge is -2.31. The maximum atomic E-state index is 12.4. The molecule has 1 aliphatic heterocycles. The summed E-state index contributed by atoms with van der Waals surface area (Å²) >= 11 is 0. The summed E-state index contributed by atoms with van der Waals surface area (Å²) in [7, 11) is 0. The number of nitrogens with zero attached hydrogens (tertiary/aromatic N) is 2. The van der Waals surface area contributed by atoms with Crippen LogP contribution in [-0.4, -0.2) is 63.8 Å². The summed E-state index contributed by atoms with van der Waals surface area (Å²) in [4.78, 5) is 26.3. The smallest absolute Gasteiger partial charge is 0.320 e. The molecule has 1 saturated heterocycles. The van der Waals surface area contributed by atoms with E-state index in [4.69, 9.17) is 5.11 Å². The van der Waals surface area contributed by atoms with Gasteiger partial charge in [-0.1, -0.05) is 0 Å². The van der Waals surface area contributed by atoms with Gasteiger partial charge in [0.05, 0.1) is 12.1 Å². The van der Waals surface area contributed by atoms with Gasteiger partial charge in [0, 0.05) is 26.1 Å². The monoisotopic (exact) mass is 286 g/mol. The molecular weight excluding hydrogens is 260 g/mol. The molecule has 0 spiro atoms. The first-order valence-electron chi connectivity index (χ1n) is 7.21. The molecule has 1 rings (SSSR count). The molecule has 1 heterocycles. The SMILES string of the molecule is CCN(CC(C)(C)O)C(=O)N1CCC(CCC(=O)O)C1. The van der Waals surface area contributed by atoms with Crippen LogP contribution in [0.2, 0.25) is 0 Å². The molecule has 6 heteroatoms. The molecule has 1 atom stereocenters. The second-order valence-corrected chi connectivity index (χ2v) is 6.14. The van der Waals surface area contributed by atoms with Gasteiger partial charge in [0.15, 0.2) is 0 Å². The number of carboxylic acid groups (broad SMARTS) is 1. The van der Waals surface area contributed by atoms with Crippen molar-refractivity contribution in [1.82, 2.24) is 9.80 Å². The first-order valence-corrected chi connectivity index (χ1v) is 7.21. The number of rotatable bonds is 6. The van der Waals surface area contributed by atoms with Crippen molar-refractivity contribution in [3.63, 3.8) is 0 Å². The fourth-order valence-electron chi connectivity index (χ4n) is 2.55. The molecule has 0 aromatic carbocycles. The number of carbonyl (C=O) groups excluding carboxylic acids is 1. The van der Waals surface area contributed by atoms with Gasteiger partial charge in [0.2, 0.25) is 0 Å². The van der Waals surface area contributed by atoms with Crippen LogP contribution in [0.15, 0.2) is 0 Å². The van der Waals surface area contributed by atoms with Crippen molar-refractivity contribution in [1.29, 1.82) is 0 Å². The summed E-state index contributed by atoms with van der Waals surface area (Å²) in [6.45, 7) is 7.41. The van der Waals surface area contributed by atoms with Crippen molar-refractivity contribution >= 4 is 12.0 Å². The normalized spacial score (nSPS) is 19.2. The van der Waals surface area contributed by atoms with Crippen LogP contribution in [0.25, 0.3) is 0 Å². The van der Waals surface area contributed by atoms with E-state index < -0.39 is 11.6 Å². The van der Waals surface area contributed by atoms with Crippen LogP contribution < -0.4 is 0 Å². The molecule has 20 heavy (non-hydrogen) atoms. The van der Waals surface area contributed by atoms with Crippen molar-refractivity contribution in [3.8, 4) is 0 Å². The maximum absolute atomic E-state index is 12.4. The number of likely N-dealkylation sites (tertiary alicyclic amines) is 1. The van der Waals surface area contributed by atoms with Crippen LogP contribution >= 0.6 is 0 Å². The molecule has 0 aromatic heterocycles. The number of aliphatic hydroxyl groups is 1. The van der Waals surface area contributed by atoms with E-state index in [9.17, 15) is 14.7 Å². The fraction of sp³-hybridized carbons (Fsp3) is 0.857. The number of carboxylic acids is 1. The maximum Gasteiger partial charge on any atom is 0.320 e. The molecular formula is C14H26N2O4. The van der Waals surface area contributed by atoms with E-state index in [0.717, 1.165) is 6.42 Å². The second-order valence-electron chi connectivity index (χ2n) is 6.14. The highest BCUT2D eigenvalue weighted by molar-refractivity contribution is 5.75. The number of likely N-dealkylation sites (N-methyl/N-ethyl adjacent to an activating group) is 1. The summed E-state index contributed by atoms with van der Waals surface area (Å²) in [6, 6.07) is -0.0625. The summed E-state index contributed by atoms with van der Waals surface area (Å²) < 4.78 is 0. The quantitative estimate of drug-likeness (QED) is 0.773. The number of hydrogen-bond acceptors (Lipinski definition) is 3. The number of carbonyl (C=O) groups is 2. The van der Waals surface area contributed by atoms with E-state index in [1.807, 2.05) is 6.92 Å². The Morgan fingerprint density at radius 1 is 1.40 bits per heavy atom. The average molecular weight is 286 g/mol. The minimum Gasteiger partial charge on any atom is -0.481 e. The Balaban J connectivity index is 2.49. The minimum atomic E-state index is -0.909. The Bertz CT molecular complexity index is 352. The number of amides is 2. The Morgan fingerprint density at radius 3 is 2.55 bits per heavy atom. The predicted octanol–water partition coefficient (Wildman–Crippen LogP) is 1.39. The Hall–Kier alpha value is -1.30.